The molecule has 0 bridgehead atoms. The lowest BCUT2D eigenvalue weighted by molar-refractivity contribution is -0.268. The fourth-order valence-electron chi connectivity index (χ4n) is 4.37. The fourth-order valence-corrected chi connectivity index (χ4v) is 5.57. The van der Waals surface area contributed by atoms with E-state index in [-0.39, 0.29) is 31.3 Å². The summed E-state index contributed by atoms with van der Waals surface area (Å²) >= 11 is 1.70. The molecule has 0 aliphatic carbocycles. The maximum absolute atomic E-state index is 11.7. The molecule has 0 spiro atoms. The summed E-state index contributed by atoms with van der Waals surface area (Å²) in [6.07, 6.45) is 0.183. The van der Waals surface area contributed by atoms with Gasteiger partial charge < -0.3 is 29.4 Å². The molecule has 206 valence electrons. The van der Waals surface area contributed by atoms with Crippen LogP contribution in [0.3, 0.4) is 0 Å². The minimum Gasteiger partial charge on any atom is -0.496 e. The predicted molar refractivity (Wildman–Crippen MR) is 152 cm³/mol. The SMILES string of the molecule is C=CCOC(=O)NCc1ccc([C@@H]2O[C@H](CSc3ccccc3OC)[C@H](C)[C@H](c3ccc(CO)cc3)O2)cc1. The van der Waals surface area contributed by atoms with Crippen molar-refractivity contribution < 1.29 is 28.8 Å². The molecule has 2 N–H and O–H groups in total. The first-order valence-electron chi connectivity index (χ1n) is 12.9. The topological polar surface area (TPSA) is 86.3 Å². The number of carbonyl (C=O) groups is 1. The minimum atomic E-state index is -0.563. The number of amides is 1. The summed E-state index contributed by atoms with van der Waals surface area (Å²) in [4.78, 5) is 12.8. The highest BCUT2D eigenvalue weighted by molar-refractivity contribution is 7.99. The van der Waals surface area contributed by atoms with Crippen molar-refractivity contribution >= 4 is 17.9 Å². The second kappa shape index (κ2) is 14.2. The summed E-state index contributed by atoms with van der Waals surface area (Å²) in [5, 5.41) is 12.2. The van der Waals surface area contributed by atoms with E-state index < -0.39 is 12.4 Å². The van der Waals surface area contributed by atoms with Crippen LogP contribution in [-0.2, 0) is 27.4 Å². The van der Waals surface area contributed by atoms with Crippen LogP contribution >= 0.6 is 11.8 Å². The Labute approximate surface area is 234 Å². The van der Waals surface area contributed by atoms with E-state index in [0.717, 1.165) is 38.7 Å². The third kappa shape index (κ3) is 7.64. The average molecular weight is 550 g/mol. The number of aliphatic hydroxyl groups excluding tert-OH is 1. The molecule has 39 heavy (non-hydrogen) atoms. The van der Waals surface area contributed by atoms with Gasteiger partial charge in [-0.1, -0.05) is 80.2 Å². The maximum Gasteiger partial charge on any atom is 0.407 e. The Morgan fingerprint density at radius 3 is 2.41 bits per heavy atom. The first kappa shape index (κ1) is 28.7. The van der Waals surface area contributed by atoms with Crippen LogP contribution in [0, 0.1) is 5.92 Å². The van der Waals surface area contributed by atoms with Gasteiger partial charge in [0.05, 0.1) is 25.9 Å². The number of carbonyl (C=O) groups excluding carboxylic acids is 1. The largest absolute Gasteiger partial charge is 0.496 e. The number of hydrogen-bond acceptors (Lipinski definition) is 7. The Balaban J connectivity index is 1.51. The number of rotatable bonds is 11. The van der Waals surface area contributed by atoms with Crippen molar-refractivity contribution in [3.63, 3.8) is 0 Å². The molecule has 8 heteroatoms. The number of para-hydroxylation sites is 1. The lowest BCUT2D eigenvalue weighted by Gasteiger charge is -2.41. The van der Waals surface area contributed by atoms with Crippen LogP contribution in [0.1, 0.15) is 41.6 Å². The highest BCUT2D eigenvalue weighted by atomic mass is 32.2. The second-order valence-corrected chi connectivity index (χ2v) is 10.3. The maximum atomic E-state index is 11.7. The number of hydrogen-bond donors (Lipinski definition) is 2. The van der Waals surface area contributed by atoms with Crippen LogP contribution < -0.4 is 10.1 Å². The zero-order valence-corrected chi connectivity index (χ0v) is 23.1. The van der Waals surface area contributed by atoms with Crippen molar-refractivity contribution in [1.29, 1.82) is 0 Å². The van der Waals surface area contributed by atoms with Gasteiger partial charge in [0.1, 0.15) is 12.4 Å². The van der Waals surface area contributed by atoms with Crippen LogP contribution in [0.15, 0.2) is 90.3 Å². The van der Waals surface area contributed by atoms with Crippen LogP contribution in [0.25, 0.3) is 0 Å². The van der Waals surface area contributed by atoms with Crippen molar-refractivity contribution in [2.45, 2.75) is 43.5 Å². The van der Waals surface area contributed by atoms with Crippen molar-refractivity contribution in [1.82, 2.24) is 5.32 Å². The summed E-state index contributed by atoms with van der Waals surface area (Å²) in [7, 11) is 1.68. The lowest BCUT2D eigenvalue weighted by Crippen LogP contribution is -2.38. The Hall–Kier alpha value is -3.30. The molecule has 0 aromatic heterocycles. The summed E-state index contributed by atoms with van der Waals surface area (Å²) in [6, 6.07) is 23.7. The molecule has 1 aliphatic rings. The third-order valence-electron chi connectivity index (χ3n) is 6.62. The van der Waals surface area contributed by atoms with Crippen LogP contribution in [0.2, 0.25) is 0 Å². The molecule has 3 aromatic rings. The van der Waals surface area contributed by atoms with Crippen molar-refractivity contribution in [2.24, 2.45) is 5.92 Å². The molecule has 0 radical (unpaired) electrons. The fraction of sp³-hybridized carbons (Fsp3) is 0.323. The van der Waals surface area contributed by atoms with Gasteiger partial charge in [-0.25, -0.2) is 4.79 Å². The van der Waals surface area contributed by atoms with Crippen LogP contribution in [0.4, 0.5) is 4.79 Å². The number of alkyl carbamates (subject to hydrolysis) is 1. The zero-order chi connectivity index (χ0) is 27.6. The van der Waals surface area contributed by atoms with E-state index in [1.807, 2.05) is 66.7 Å². The lowest BCUT2D eigenvalue weighted by atomic mass is 9.91. The van der Waals surface area contributed by atoms with Gasteiger partial charge in [-0.3, -0.25) is 0 Å². The first-order chi connectivity index (χ1) is 19.0. The van der Waals surface area contributed by atoms with E-state index in [1.165, 1.54) is 6.08 Å². The standard InChI is InChI=1S/C31H35NO6S/c1-4-17-36-31(34)32-18-22-9-15-25(16-10-22)30-37-27(20-39-28-8-6-5-7-26(28)35-3)21(2)29(38-30)24-13-11-23(19-33)12-14-24/h4-16,21,27,29-30,33H,1,17-20H2,2-3H3,(H,32,34)/t21-,27+,29+,30+/m0/s1. The monoisotopic (exact) mass is 549 g/mol. The van der Waals surface area contributed by atoms with Crippen LogP contribution in [0.5, 0.6) is 5.75 Å². The molecule has 1 fully saturated rings. The van der Waals surface area contributed by atoms with Gasteiger partial charge in [0.15, 0.2) is 6.29 Å². The zero-order valence-electron chi connectivity index (χ0n) is 22.2. The number of methoxy groups -OCH3 is 1. The van der Waals surface area contributed by atoms with Gasteiger partial charge in [-0.05, 0) is 28.8 Å². The van der Waals surface area contributed by atoms with E-state index in [1.54, 1.807) is 18.9 Å². The Bertz CT molecular complexity index is 1220. The Morgan fingerprint density at radius 2 is 1.72 bits per heavy atom. The summed E-state index contributed by atoms with van der Waals surface area (Å²) in [5.41, 5.74) is 3.72. The Kier molecular flexibility index (Phi) is 10.4. The molecule has 1 saturated heterocycles. The molecule has 3 aromatic carbocycles. The van der Waals surface area contributed by atoms with Crippen LogP contribution in [-0.4, -0.2) is 36.8 Å². The highest BCUT2D eigenvalue weighted by Crippen LogP contribution is 2.43. The molecular formula is C31H35NO6S. The number of benzene rings is 3. The molecule has 1 aliphatic heterocycles. The smallest absolute Gasteiger partial charge is 0.407 e. The van der Waals surface area contributed by atoms with E-state index in [4.69, 9.17) is 18.9 Å². The summed E-state index contributed by atoms with van der Waals surface area (Å²) in [6.45, 7) is 6.19. The Morgan fingerprint density at radius 1 is 1.03 bits per heavy atom. The van der Waals surface area contributed by atoms with Crippen molar-refractivity contribution in [3.05, 3.63) is 108 Å². The third-order valence-corrected chi connectivity index (χ3v) is 7.76. The van der Waals surface area contributed by atoms with Gasteiger partial charge in [0.25, 0.3) is 0 Å². The molecule has 7 nitrogen and oxygen atoms in total. The molecule has 1 heterocycles. The molecular weight excluding hydrogens is 514 g/mol. The number of nitrogens with one attached hydrogen (secondary N) is 1. The molecule has 0 unspecified atom stereocenters. The van der Waals surface area contributed by atoms with Crippen molar-refractivity contribution in [3.8, 4) is 5.75 Å². The van der Waals surface area contributed by atoms with Gasteiger partial charge in [-0.2, -0.15) is 0 Å². The quantitative estimate of drug-likeness (QED) is 0.218. The van der Waals surface area contributed by atoms with Gasteiger partial charge in [0, 0.05) is 28.7 Å². The molecule has 0 saturated carbocycles. The van der Waals surface area contributed by atoms with E-state index in [2.05, 4.69) is 24.9 Å². The summed E-state index contributed by atoms with van der Waals surface area (Å²) in [5.74, 6) is 1.64. The minimum absolute atomic E-state index is 0.00154. The normalized spacial score (nSPS) is 20.7. The van der Waals surface area contributed by atoms with E-state index in [9.17, 15) is 9.90 Å². The molecule has 4 atom stereocenters. The number of thioether (sulfide) groups is 1. The van der Waals surface area contributed by atoms with E-state index in [0.29, 0.717) is 6.54 Å². The number of ether oxygens (including phenoxy) is 4. The number of aliphatic hydroxyl groups is 1. The molecule has 4 rings (SSSR count). The second-order valence-electron chi connectivity index (χ2n) is 9.27. The average Bonchev–Trinajstić information content (AvgIpc) is 2.99. The molecule has 1 amide bonds. The van der Waals surface area contributed by atoms with E-state index >= 15 is 0 Å². The van der Waals surface area contributed by atoms with Crippen molar-refractivity contribution in [2.75, 3.05) is 19.5 Å². The first-order valence-corrected chi connectivity index (χ1v) is 13.9. The summed E-state index contributed by atoms with van der Waals surface area (Å²) < 4.78 is 23.6. The van der Waals surface area contributed by atoms with Gasteiger partial charge in [0.2, 0.25) is 0 Å². The van der Waals surface area contributed by atoms with Gasteiger partial charge >= 0.3 is 6.09 Å². The predicted octanol–water partition coefficient (Wildman–Crippen LogP) is 6.18. The van der Waals surface area contributed by atoms with Gasteiger partial charge in [-0.15, -0.1) is 11.8 Å². The highest BCUT2D eigenvalue weighted by Gasteiger charge is 2.38.